The van der Waals surface area contributed by atoms with E-state index in [4.69, 9.17) is 14.5 Å². The van der Waals surface area contributed by atoms with Gasteiger partial charge in [0, 0.05) is 30.9 Å². The molecule has 6 heteroatoms. The van der Waals surface area contributed by atoms with Crippen molar-refractivity contribution in [3.63, 3.8) is 0 Å². The quantitative estimate of drug-likeness (QED) is 0.561. The molecule has 0 aliphatic heterocycles. The maximum absolute atomic E-state index is 12.7. The number of fused-ring (bicyclic) bond motifs is 1. The second kappa shape index (κ2) is 7.70. The van der Waals surface area contributed by atoms with Crippen LogP contribution >= 0.6 is 0 Å². The molecule has 0 atom stereocenters. The van der Waals surface area contributed by atoms with Gasteiger partial charge in [0.15, 0.2) is 5.65 Å². The van der Waals surface area contributed by atoms with E-state index in [9.17, 15) is 4.79 Å². The van der Waals surface area contributed by atoms with E-state index in [1.807, 2.05) is 42.5 Å². The zero-order valence-corrected chi connectivity index (χ0v) is 15.8. The molecule has 2 aromatic carbocycles. The van der Waals surface area contributed by atoms with Crippen LogP contribution in [0.2, 0.25) is 0 Å². The maximum Gasteiger partial charge on any atom is 0.273 e. The van der Waals surface area contributed by atoms with Crippen LogP contribution < -0.4 is 10.3 Å². The van der Waals surface area contributed by atoms with E-state index in [0.717, 1.165) is 28.1 Å². The van der Waals surface area contributed by atoms with Gasteiger partial charge in [0.05, 0.1) is 25.0 Å². The minimum absolute atomic E-state index is 0.174. The first-order valence-electron chi connectivity index (χ1n) is 9.01. The van der Waals surface area contributed by atoms with Crippen LogP contribution in [-0.4, -0.2) is 28.8 Å². The van der Waals surface area contributed by atoms with E-state index < -0.39 is 0 Å². The summed E-state index contributed by atoms with van der Waals surface area (Å²) in [6.07, 6.45) is 0.636. The second-order valence-electron chi connectivity index (χ2n) is 6.51. The highest BCUT2D eigenvalue weighted by Gasteiger charge is 2.20. The Morgan fingerprint density at radius 3 is 2.54 bits per heavy atom. The number of para-hydroxylation sites is 1. The standard InChI is InChI=1S/C22H21N3O3/c1-27-14-16-13-20(26)25-22(23-16)21(17-10-6-7-11-19(17)28-2)18(24-25)12-15-8-4-3-5-9-15/h3-11,13,24H,12,14H2,1-2H3. The number of hydrogen-bond acceptors (Lipinski definition) is 4. The molecule has 0 saturated carbocycles. The molecule has 142 valence electrons. The summed E-state index contributed by atoms with van der Waals surface area (Å²) in [5, 5.41) is 3.25. The molecule has 6 nitrogen and oxygen atoms in total. The molecule has 2 heterocycles. The first kappa shape index (κ1) is 18.0. The highest BCUT2D eigenvalue weighted by molar-refractivity contribution is 5.84. The highest BCUT2D eigenvalue weighted by atomic mass is 16.5. The van der Waals surface area contributed by atoms with Crippen LogP contribution in [0.15, 0.2) is 65.5 Å². The molecule has 0 bridgehead atoms. The van der Waals surface area contributed by atoms with Crippen molar-refractivity contribution in [1.29, 1.82) is 0 Å². The number of rotatable bonds is 6. The van der Waals surface area contributed by atoms with Gasteiger partial charge < -0.3 is 9.47 Å². The van der Waals surface area contributed by atoms with Crippen molar-refractivity contribution < 1.29 is 9.47 Å². The number of ether oxygens (including phenoxy) is 2. The van der Waals surface area contributed by atoms with E-state index >= 15 is 0 Å². The molecule has 0 fully saturated rings. The predicted octanol–water partition coefficient (Wildman–Crippen LogP) is 3.44. The van der Waals surface area contributed by atoms with Crippen LogP contribution in [0.5, 0.6) is 5.75 Å². The summed E-state index contributed by atoms with van der Waals surface area (Å²) in [7, 11) is 3.23. The number of hydrogen-bond donors (Lipinski definition) is 1. The number of nitrogens with one attached hydrogen (secondary N) is 1. The Kier molecular flexibility index (Phi) is 4.95. The molecule has 0 radical (unpaired) electrons. The maximum atomic E-state index is 12.7. The molecule has 0 amide bonds. The first-order valence-corrected chi connectivity index (χ1v) is 9.01. The van der Waals surface area contributed by atoms with Crippen molar-refractivity contribution in [1.82, 2.24) is 14.6 Å². The van der Waals surface area contributed by atoms with Gasteiger partial charge in [-0.05, 0) is 11.6 Å². The van der Waals surface area contributed by atoms with Crippen LogP contribution in [-0.2, 0) is 17.8 Å². The number of aromatic nitrogens is 3. The van der Waals surface area contributed by atoms with Gasteiger partial charge in [-0.3, -0.25) is 9.89 Å². The summed E-state index contributed by atoms with van der Waals surface area (Å²) in [6, 6.07) is 19.4. The molecule has 0 saturated heterocycles. The average Bonchev–Trinajstić information content (AvgIpc) is 3.07. The Morgan fingerprint density at radius 1 is 1.04 bits per heavy atom. The summed E-state index contributed by atoms with van der Waals surface area (Å²) in [5.41, 5.74) is 4.76. The lowest BCUT2D eigenvalue weighted by Gasteiger charge is -2.09. The third kappa shape index (κ3) is 3.30. The van der Waals surface area contributed by atoms with Gasteiger partial charge in [0.1, 0.15) is 5.75 Å². The normalized spacial score (nSPS) is 11.1. The van der Waals surface area contributed by atoms with Crippen molar-refractivity contribution in [2.45, 2.75) is 13.0 Å². The third-order valence-electron chi connectivity index (χ3n) is 4.64. The smallest absolute Gasteiger partial charge is 0.273 e. The van der Waals surface area contributed by atoms with E-state index in [1.54, 1.807) is 14.2 Å². The first-order chi connectivity index (χ1) is 13.7. The summed E-state index contributed by atoms with van der Waals surface area (Å²) < 4.78 is 12.2. The average molecular weight is 375 g/mol. The fourth-order valence-corrected chi connectivity index (χ4v) is 3.42. The molecule has 0 aliphatic rings. The largest absolute Gasteiger partial charge is 0.496 e. The van der Waals surface area contributed by atoms with Gasteiger partial charge in [0.25, 0.3) is 5.56 Å². The Bertz CT molecular complexity index is 1160. The van der Waals surface area contributed by atoms with Crippen molar-refractivity contribution in [3.05, 3.63) is 88.0 Å². The number of H-pyrrole nitrogens is 1. The lowest BCUT2D eigenvalue weighted by molar-refractivity contribution is 0.181. The summed E-state index contributed by atoms with van der Waals surface area (Å²) >= 11 is 0. The van der Waals surface area contributed by atoms with Gasteiger partial charge in [-0.15, -0.1) is 0 Å². The lowest BCUT2D eigenvalue weighted by Crippen LogP contribution is -2.16. The van der Waals surface area contributed by atoms with Crippen LogP contribution in [0.3, 0.4) is 0 Å². The zero-order valence-electron chi connectivity index (χ0n) is 15.8. The van der Waals surface area contributed by atoms with E-state index in [-0.39, 0.29) is 12.2 Å². The summed E-state index contributed by atoms with van der Waals surface area (Å²) in [6.45, 7) is 0.274. The lowest BCUT2D eigenvalue weighted by atomic mass is 10.0. The molecule has 0 unspecified atom stereocenters. The van der Waals surface area contributed by atoms with Crippen LogP contribution in [0.1, 0.15) is 17.0 Å². The molecule has 0 aliphatic carbocycles. The molecule has 1 N–H and O–H groups in total. The predicted molar refractivity (Wildman–Crippen MR) is 108 cm³/mol. The van der Waals surface area contributed by atoms with Gasteiger partial charge in [-0.2, -0.15) is 0 Å². The van der Waals surface area contributed by atoms with Gasteiger partial charge in [-0.25, -0.2) is 9.50 Å². The number of methoxy groups -OCH3 is 2. The number of aromatic amines is 1. The summed E-state index contributed by atoms with van der Waals surface area (Å²) in [4.78, 5) is 17.4. The Hall–Kier alpha value is -3.38. The number of benzene rings is 2. The molecule has 2 aromatic heterocycles. The highest BCUT2D eigenvalue weighted by Crippen LogP contribution is 2.35. The monoisotopic (exact) mass is 375 g/mol. The molecule has 4 rings (SSSR count). The Labute approximate surface area is 162 Å². The number of nitrogens with zero attached hydrogens (tertiary/aromatic N) is 2. The Balaban J connectivity index is 1.99. The van der Waals surface area contributed by atoms with E-state index in [0.29, 0.717) is 17.8 Å². The fraction of sp³-hybridized carbons (Fsp3) is 0.182. The van der Waals surface area contributed by atoms with Crippen molar-refractivity contribution in [2.24, 2.45) is 0 Å². The molecule has 4 aromatic rings. The van der Waals surface area contributed by atoms with Crippen LogP contribution in [0.4, 0.5) is 0 Å². The minimum atomic E-state index is -0.174. The van der Waals surface area contributed by atoms with Crippen LogP contribution in [0, 0.1) is 0 Å². The Morgan fingerprint density at radius 2 is 1.79 bits per heavy atom. The van der Waals surface area contributed by atoms with Crippen LogP contribution in [0.25, 0.3) is 16.8 Å². The SMILES string of the molecule is COCc1cc(=O)n2[nH]c(Cc3ccccc3)c(-c3ccccc3OC)c2n1. The second-order valence-corrected chi connectivity index (χ2v) is 6.51. The third-order valence-corrected chi connectivity index (χ3v) is 4.64. The van der Waals surface area contributed by atoms with Gasteiger partial charge >= 0.3 is 0 Å². The minimum Gasteiger partial charge on any atom is -0.496 e. The molecule has 0 spiro atoms. The topological polar surface area (TPSA) is 68.6 Å². The molecule has 28 heavy (non-hydrogen) atoms. The zero-order chi connectivity index (χ0) is 19.5. The van der Waals surface area contributed by atoms with Crippen molar-refractivity contribution in [2.75, 3.05) is 14.2 Å². The van der Waals surface area contributed by atoms with Gasteiger partial charge in [0.2, 0.25) is 0 Å². The van der Waals surface area contributed by atoms with E-state index in [2.05, 4.69) is 17.2 Å². The van der Waals surface area contributed by atoms with Gasteiger partial charge in [-0.1, -0.05) is 48.5 Å². The summed E-state index contributed by atoms with van der Waals surface area (Å²) in [5.74, 6) is 0.727. The van der Waals surface area contributed by atoms with E-state index in [1.165, 1.54) is 10.6 Å². The molecular formula is C22H21N3O3. The molecular weight excluding hydrogens is 354 g/mol. The van der Waals surface area contributed by atoms with Crippen molar-refractivity contribution >= 4 is 5.65 Å². The fourth-order valence-electron chi connectivity index (χ4n) is 3.42. The van der Waals surface area contributed by atoms with Crippen molar-refractivity contribution in [3.8, 4) is 16.9 Å².